The van der Waals surface area contributed by atoms with E-state index in [1.54, 1.807) is 12.1 Å². The first kappa shape index (κ1) is 17.7. The van der Waals surface area contributed by atoms with Gasteiger partial charge in [0.25, 0.3) is 0 Å². The number of sulfone groups is 1. The second-order valence-electron chi connectivity index (χ2n) is 4.99. The van der Waals surface area contributed by atoms with Crippen LogP contribution in [0.2, 0.25) is 0 Å². The third-order valence-corrected chi connectivity index (χ3v) is 4.72. The van der Waals surface area contributed by atoms with Gasteiger partial charge in [0.15, 0.2) is 0 Å². The Hall–Kier alpha value is -3.14. The van der Waals surface area contributed by atoms with Crippen LogP contribution in [0.1, 0.15) is 10.4 Å². The number of hydrogen-bond donors (Lipinski definition) is 0. The summed E-state index contributed by atoms with van der Waals surface area (Å²) < 4.78 is 57.8. The second-order valence-corrected chi connectivity index (χ2v) is 6.91. The highest BCUT2D eigenvalue weighted by Gasteiger charge is 2.26. The minimum Gasteiger partial charge on any atom is -0.423 e. The molecule has 0 saturated heterocycles. The number of rotatable bonds is 5. The largest absolute Gasteiger partial charge is 0.423 e. The third-order valence-electron chi connectivity index (χ3n) is 3.32. The predicted molar refractivity (Wildman–Crippen MR) is 84.3 cm³/mol. The van der Waals surface area contributed by atoms with E-state index < -0.39 is 26.5 Å². The number of ether oxygens (including phenoxy) is 1. The normalized spacial score (nSPS) is 11.5. The second kappa shape index (κ2) is 7.00. The molecule has 0 spiro atoms. The van der Waals surface area contributed by atoms with Gasteiger partial charge in [0.2, 0.25) is 22.1 Å². The first-order chi connectivity index (χ1) is 12.4. The molecule has 10 heteroatoms. The van der Waals surface area contributed by atoms with E-state index in [-0.39, 0.29) is 11.3 Å². The predicted octanol–water partition coefficient (Wildman–Crippen LogP) is 2.95. The van der Waals surface area contributed by atoms with Crippen LogP contribution in [0.5, 0.6) is 5.75 Å². The fourth-order valence-electron chi connectivity index (χ4n) is 2.01. The number of hydrogen-bond acceptors (Lipinski definition) is 7. The molecule has 3 aromatic rings. The van der Waals surface area contributed by atoms with Crippen molar-refractivity contribution in [3.8, 4) is 17.2 Å². The van der Waals surface area contributed by atoms with Gasteiger partial charge in [-0.3, -0.25) is 0 Å². The molecule has 0 unspecified atom stereocenters. The first-order valence-electron chi connectivity index (χ1n) is 7.09. The lowest BCUT2D eigenvalue weighted by Gasteiger charge is -2.06. The average molecular weight is 380 g/mol. The maximum atomic E-state index is 12.5. The number of carbonyl (C=O) groups excluding carboxylic acids is 1. The zero-order valence-corrected chi connectivity index (χ0v) is 13.7. The van der Waals surface area contributed by atoms with Gasteiger partial charge in [-0.1, -0.05) is 0 Å². The van der Waals surface area contributed by atoms with Crippen LogP contribution in [0.25, 0.3) is 11.5 Å². The van der Waals surface area contributed by atoms with Crippen molar-refractivity contribution >= 4 is 15.8 Å². The summed E-state index contributed by atoms with van der Waals surface area (Å²) >= 11 is 0. The van der Waals surface area contributed by atoms with Gasteiger partial charge in [0.1, 0.15) is 5.75 Å². The fraction of sp³-hybridized carbons (Fsp3) is 0.0625. The van der Waals surface area contributed by atoms with Crippen LogP contribution in [-0.4, -0.2) is 30.3 Å². The number of halogens is 2. The molecule has 0 aliphatic heterocycles. The van der Waals surface area contributed by atoms with Crippen molar-refractivity contribution in [3.05, 3.63) is 60.5 Å². The van der Waals surface area contributed by atoms with Crippen molar-refractivity contribution in [2.45, 2.75) is 10.7 Å². The fourth-order valence-corrected chi connectivity index (χ4v) is 2.74. The van der Waals surface area contributed by atoms with Gasteiger partial charge in [0, 0.05) is 5.56 Å². The van der Waals surface area contributed by atoms with Crippen molar-refractivity contribution in [2.24, 2.45) is 0 Å². The maximum Gasteiger partial charge on any atom is 0.343 e. The Kier molecular flexibility index (Phi) is 4.76. The Morgan fingerprint density at radius 3 is 2.23 bits per heavy atom. The van der Waals surface area contributed by atoms with Crippen molar-refractivity contribution < 1.29 is 31.1 Å². The number of carbonyl (C=O) groups is 1. The van der Waals surface area contributed by atoms with E-state index in [1.165, 1.54) is 18.5 Å². The van der Waals surface area contributed by atoms with Crippen molar-refractivity contribution in [1.82, 2.24) is 10.2 Å². The Morgan fingerprint density at radius 2 is 1.69 bits per heavy atom. The molecule has 0 N–H and O–H groups in total. The highest BCUT2D eigenvalue weighted by atomic mass is 32.2. The summed E-state index contributed by atoms with van der Waals surface area (Å²) in [6.07, 6.45) is 1.18. The SMILES string of the molecule is O=C(Oc1ccc(-c2nnco2)cc1)c1ccc(S(=O)(=O)C(F)F)cc1. The molecule has 3 rings (SSSR count). The Balaban J connectivity index is 1.72. The van der Waals surface area contributed by atoms with Crippen molar-refractivity contribution in [3.63, 3.8) is 0 Å². The Labute approximate surface area is 146 Å². The lowest BCUT2D eigenvalue weighted by atomic mass is 10.2. The van der Waals surface area contributed by atoms with Crippen LogP contribution < -0.4 is 4.74 Å². The van der Waals surface area contributed by atoms with E-state index in [9.17, 15) is 22.0 Å². The van der Waals surface area contributed by atoms with Crippen LogP contribution >= 0.6 is 0 Å². The summed E-state index contributed by atoms with van der Waals surface area (Å²) in [6, 6.07) is 10.3. The van der Waals surface area contributed by atoms with E-state index in [0.29, 0.717) is 11.5 Å². The summed E-state index contributed by atoms with van der Waals surface area (Å²) in [6.45, 7) is 0. The lowest BCUT2D eigenvalue weighted by molar-refractivity contribution is 0.0734. The monoisotopic (exact) mass is 380 g/mol. The quantitative estimate of drug-likeness (QED) is 0.496. The zero-order chi connectivity index (χ0) is 18.7. The number of alkyl halides is 2. The van der Waals surface area contributed by atoms with Crippen LogP contribution in [0.3, 0.4) is 0 Å². The van der Waals surface area contributed by atoms with Crippen LogP contribution in [0.4, 0.5) is 8.78 Å². The number of nitrogens with zero attached hydrogens (tertiary/aromatic N) is 2. The summed E-state index contributed by atoms with van der Waals surface area (Å²) in [5.74, 6) is -3.77. The summed E-state index contributed by atoms with van der Waals surface area (Å²) in [5.41, 5.74) is 0.642. The van der Waals surface area contributed by atoms with Gasteiger partial charge < -0.3 is 9.15 Å². The smallest absolute Gasteiger partial charge is 0.343 e. The Bertz CT molecular complexity index is 1000. The van der Waals surface area contributed by atoms with Crippen molar-refractivity contribution in [1.29, 1.82) is 0 Å². The molecule has 1 heterocycles. The number of aromatic nitrogens is 2. The lowest BCUT2D eigenvalue weighted by Crippen LogP contribution is -2.12. The Morgan fingerprint density at radius 1 is 1.04 bits per heavy atom. The van der Waals surface area contributed by atoms with E-state index >= 15 is 0 Å². The molecule has 1 aromatic heterocycles. The highest BCUT2D eigenvalue weighted by molar-refractivity contribution is 7.91. The van der Waals surface area contributed by atoms with Gasteiger partial charge in [-0.15, -0.1) is 10.2 Å². The van der Waals surface area contributed by atoms with Gasteiger partial charge in [-0.2, -0.15) is 8.78 Å². The molecule has 0 bridgehead atoms. The summed E-state index contributed by atoms with van der Waals surface area (Å²) in [5, 5.41) is 7.29. The first-order valence-corrected chi connectivity index (χ1v) is 8.63. The minimum atomic E-state index is -4.71. The average Bonchev–Trinajstić information content (AvgIpc) is 3.17. The van der Waals surface area contributed by atoms with Crippen molar-refractivity contribution in [2.75, 3.05) is 0 Å². The molecular formula is C16H10F2N2O5S. The van der Waals surface area contributed by atoms with Gasteiger partial charge in [-0.05, 0) is 48.5 Å². The molecule has 0 aliphatic carbocycles. The van der Waals surface area contributed by atoms with E-state index in [0.717, 1.165) is 24.3 Å². The third kappa shape index (κ3) is 3.59. The zero-order valence-electron chi connectivity index (χ0n) is 12.9. The van der Waals surface area contributed by atoms with Gasteiger partial charge >= 0.3 is 11.7 Å². The molecule has 0 saturated carbocycles. The number of benzene rings is 2. The van der Waals surface area contributed by atoms with Gasteiger partial charge in [0.05, 0.1) is 10.5 Å². The molecule has 134 valence electrons. The molecule has 0 radical (unpaired) electrons. The standard InChI is InChI=1S/C16H10F2N2O5S/c17-16(18)26(22,23)13-7-3-11(4-8-13)15(21)25-12-5-1-10(2-6-12)14-20-19-9-24-14/h1-9,16H. The number of esters is 1. The molecule has 0 fully saturated rings. The van der Waals surface area contributed by atoms with E-state index in [4.69, 9.17) is 9.15 Å². The molecule has 7 nitrogen and oxygen atoms in total. The summed E-state index contributed by atoms with van der Waals surface area (Å²) in [7, 11) is -4.71. The molecule has 2 aromatic carbocycles. The summed E-state index contributed by atoms with van der Waals surface area (Å²) in [4.78, 5) is 11.5. The van der Waals surface area contributed by atoms with Crippen LogP contribution in [0.15, 0.2) is 64.2 Å². The molecule has 26 heavy (non-hydrogen) atoms. The van der Waals surface area contributed by atoms with Crippen LogP contribution in [-0.2, 0) is 9.84 Å². The maximum absolute atomic E-state index is 12.5. The topological polar surface area (TPSA) is 99.4 Å². The molecule has 0 amide bonds. The molecular weight excluding hydrogens is 370 g/mol. The minimum absolute atomic E-state index is 0.0131. The molecule has 0 aliphatic rings. The van der Waals surface area contributed by atoms with Gasteiger partial charge in [-0.25, -0.2) is 13.2 Å². The highest BCUT2D eigenvalue weighted by Crippen LogP contribution is 2.22. The van der Waals surface area contributed by atoms with E-state index in [1.807, 2.05) is 0 Å². The van der Waals surface area contributed by atoms with E-state index in [2.05, 4.69) is 10.2 Å². The molecule has 0 atom stereocenters. The van der Waals surface area contributed by atoms with Crippen LogP contribution in [0, 0.1) is 0 Å².